The van der Waals surface area contributed by atoms with Gasteiger partial charge in [-0.05, 0) is 25.3 Å². The van der Waals surface area contributed by atoms with E-state index < -0.39 is 30.4 Å². The summed E-state index contributed by atoms with van der Waals surface area (Å²) in [5, 5.41) is 32.2. The molecule has 0 unspecified atom stereocenters. The summed E-state index contributed by atoms with van der Waals surface area (Å²) in [5.74, 6) is 0.369. The highest BCUT2D eigenvalue weighted by atomic mass is 16.6. The van der Waals surface area contributed by atoms with Crippen LogP contribution in [0.25, 0.3) is 33.8 Å². The number of nitrogens with zero attached hydrogens (tertiary/aromatic N) is 5. The Hall–Kier alpha value is -3.91. The van der Waals surface area contributed by atoms with E-state index in [0.717, 1.165) is 23.1 Å². The third kappa shape index (κ3) is 4.85. The number of fused-ring (bicyclic) bond motifs is 1. The molecule has 0 saturated carbocycles. The number of nitrogens with one attached hydrogen (secondary N) is 2. The zero-order chi connectivity index (χ0) is 27.1. The van der Waals surface area contributed by atoms with Gasteiger partial charge in [0.15, 0.2) is 29.0 Å². The number of aromatic amines is 1. The minimum Gasteiger partial charge on any atom is -0.388 e. The zero-order valence-electron chi connectivity index (χ0n) is 21.3. The first-order valence-corrected chi connectivity index (χ1v) is 12.9. The molecule has 2 saturated heterocycles. The Balaban J connectivity index is 1.43. The summed E-state index contributed by atoms with van der Waals surface area (Å²) in [7, 11) is 0. The minimum absolute atomic E-state index is 0.0251. The molecule has 13 heteroatoms. The molecule has 5 heterocycles. The van der Waals surface area contributed by atoms with Crippen molar-refractivity contribution in [3.8, 4) is 22.6 Å². The van der Waals surface area contributed by atoms with Gasteiger partial charge in [0, 0.05) is 18.6 Å². The number of carbonyl (C=O) groups excluding carboxylic acids is 1. The van der Waals surface area contributed by atoms with E-state index in [1.165, 1.54) is 6.33 Å². The average molecular weight is 535 g/mol. The molecule has 1 amide bonds. The van der Waals surface area contributed by atoms with Crippen LogP contribution in [0.2, 0.25) is 0 Å². The second kappa shape index (κ2) is 10.3. The molecule has 6 N–H and O–H groups in total. The van der Waals surface area contributed by atoms with Crippen molar-refractivity contribution in [3.63, 3.8) is 0 Å². The van der Waals surface area contributed by atoms with Crippen LogP contribution in [0.4, 0.5) is 5.82 Å². The summed E-state index contributed by atoms with van der Waals surface area (Å²) in [5.41, 5.74) is 9.69. The number of benzene rings is 1. The fourth-order valence-electron chi connectivity index (χ4n) is 5.05. The number of imidazole rings is 1. The van der Waals surface area contributed by atoms with Crippen molar-refractivity contribution in [2.75, 3.05) is 18.5 Å². The van der Waals surface area contributed by atoms with E-state index in [9.17, 15) is 15.0 Å². The van der Waals surface area contributed by atoms with Crippen molar-refractivity contribution < 1.29 is 24.5 Å². The van der Waals surface area contributed by atoms with Crippen LogP contribution in [0.1, 0.15) is 31.1 Å². The third-order valence-electron chi connectivity index (χ3n) is 7.20. The minimum atomic E-state index is -1.27. The summed E-state index contributed by atoms with van der Waals surface area (Å²) in [6.45, 7) is 3.22. The van der Waals surface area contributed by atoms with Gasteiger partial charge in [-0.3, -0.25) is 14.5 Å². The maximum Gasteiger partial charge on any atom is 0.217 e. The van der Waals surface area contributed by atoms with Crippen LogP contribution in [0.3, 0.4) is 0 Å². The second-order valence-corrected chi connectivity index (χ2v) is 10.0. The molecule has 0 spiro atoms. The van der Waals surface area contributed by atoms with Crippen molar-refractivity contribution in [3.05, 3.63) is 42.4 Å². The number of primary amides is 1. The van der Waals surface area contributed by atoms with Gasteiger partial charge in [-0.25, -0.2) is 15.0 Å². The summed E-state index contributed by atoms with van der Waals surface area (Å²) in [4.78, 5) is 25.4. The topological polar surface area (TPSA) is 186 Å². The molecule has 2 aliphatic rings. The Morgan fingerprint density at radius 2 is 2.05 bits per heavy atom. The first-order valence-electron chi connectivity index (χ1n) is 12.9. The molecule has 5 atom stereocenters. The maximum atomic E-state index is 11.3. The zero-order valence-corrected chi connectivity index (χ0v) is 21.3. The lowest BCUT2D eigenvalue weighted by Gasteiger charge is -2.18. The Morgan fingerprint density at radius 3 is 2.79 bits per heavy atom. The summed E-state index contributed by atoms with van der Waals surface area (Å²) in [6.07, 6.45) is 0.0267. The smallest absolute Gasteiger partial charge is 0.217 e. The van der Waals surface area contributed by atoms with Crippen molar-refractivity contribution in [2.24, 2.45) is 5.73 Å². The maximum absolute atomic E-state index is 11.3. The Labute approximate surface area is 223 Å². The van der Waals surface area contributed by atoms with E-state index >= 15 is 0 Å². The number of rotatable bonds is 8. The molecule has 0 bridgehead atoms. The fourth-order valence-corrected chi connectivity index (χ4v) is 5.05. The molecule has 6 rings (SSSR count). The average Bonchev–Trinajstić information content (AvgIpc) is 3.72. The molecule has 13 nitrogen and oxygen atoms in total. The second-order valence-electron chi connectivity index (χ2n) is 10.0. The van der Waals surface area contributed by atoms with Crippen molar-refractivity contribution in [1.82, 2.24) is 29.7 Å². The largest absolute Gasteiger partial charge is 0.388 e. The fraction of sp³-hybridized carbons (Fsp3) is 0.423. The van der Waals surface area contributed by atoms with Crippen molar-refractivity contribution in [1.29, 1.82) is 0 Å². The van der Waals surface area contributed by atoms with Crippen LogP contribution in [0, 0.1) is 6.92 Å². The third-order valence-corrected chi connectivity index (χ3v) is 7.20. The molecular formula is C26H30N8O5. The normalized spacial score (nSPS) is 24.9. The lowest BCUT2D eigenvalue weighted by Crippen LogP contribution is -2.32. The van der Waals surface area contributed by atoms with Gasteiger partial charge in [0.25, 0.3) is 0 Å². The number of aliphatic hydroxyl groups excluding tert-OH is 2. The molecule has 3 aromatic heterocycles. The number of nitrogens with two attached hydrogens (primary N) is 1. The molecule has 39 heavy (non-hydrogen) atoms. The number of hydrogen-bond acceptors (Lipinski definition) is 10. The molecule has 2 aliphatic heterocycles. The van der Waals surface area contributed by atoms with E-state index in [0.29, 0.717) is 41.7 Å². The molecule has 0 aliphatic carbocycles. The SMILES string of the molecule is Cc1ccc(-c2cn[nH]c2-c2nc(N[C@@H]3CCOC3)c3ncn([C@@H]4O[C@@H](CCC(N)=O)[C@H](O)[C@@H]4O)c3n2)cc1. The predicted octanol–water partition coefficient (Wildman–Crippen LogP) is 1.28. The number of H-pyrrole nitrogens is 1. The quantitative estimate of drug-likeness (QED) is 0.220. The number of anilines is 1. The monoisotopic (exact) mass is 534 g/mol. The number of aryl methyl sites for hydroxylation is 1. The van der Waals surface area contributed by atoms with Crippen LogP contribution in [0.5, 0.6) is 0 Å². The van der Waals surface area contributed by atoms with Crippen molar-refractivity contribution in [2.45, 2.75) is 56.8 Å². The first-order chi connectivity index (χ1) is 18.9. The Morgan fingerprint density at radius 1 is 1.23 bits per heavy atom. The Bertz CT molecular complexity index is 1480. The summed E-state index contributed by atoms with van der Waals surface area (Å²) in [6, 6.07) is 8.12. The standard InChI is InChI=1S/C26H30N8O5/c1-13-2-4-14(5-3-13)16-10-29-33-19(16)23-31-24(30-15-8-9-38-11-15)20-25(32-23)34(12-28-20)26-22(37)21(36)17(39-26)6-7-18(27)35/h2-5,10,12,15,17,21-22,26,36-37H,6-9,11H2,1H3,(H2,27,35)(H,29,33)(H,30,31,32)/t15-,17+,21+,22+,26-/m1/s1. The van der Waals surface area contributed by atoms with Crippen molar-refractivity contribution >= 4 is 22.9 Å². The number of aromatic nitrogens is 6. The highest BCUT2D eigenvalue weighted by Crippen LogP contribution is 2.36. The van der Waals surface area contributed by atoms with E-state index in [4.69, 9.17) is 25.2 Å². The summed E-state index contributed by atoms with van der Waals surface area (Å²) >= 11 is 0. The van der Waals surface area contributed by atoms with Crippen LogP contribution >= 0.6 is 0 Å². The van der Waals surface area contributed by atoms with E-state index in [1.54, 1.807) is 10.8 Å². The van der Waals surface area contributed by atoms with E-state index in [2.05, 4.69) is 20.5 Å². The highest BCUT2D eigenvalue weighted by molar-refractivity contribution is 5.87. The first kappa shape index (κ1) is 25.4. The molecule has 1 aromatic carbocycles. The van der Waals surface area contributed by atoms with Crippen LogP contribution < -0.4 is 11.1 Å². The number of ether oxygens (including phenoxy) is 2. The van der Waals surface area contributed by atoms with Gasteiger partial charge in [0.05, 0.1) is 31.3 Å². The van der Waals surface area contributed by atoms with Gasteiger partial charge in [0.2, 0.25) is 5.91 Å². The predicted molar refractivity (Wildman–Crippen MR) is 140 cm³/mol. The lowest BCUT2D eigenvalue weighted by atomic mass is 10.0. The number of carbonyl (C=O) groups is 1. The van der Waals surface area contributed by atoms with Gasteiger partial charge >= 0.3 is 0 Å². The van der Waals surface area contributed by atoms with E-state index in [-0.39, 0.29) is 18.9 Å². The molecular weight excluding hydrogens is 504 g/mol. The molecule has 0 radical (unpaired) electrons. The van der Waals surface area contributed by atoms with E-state index in [1.807, 2.05) is 31.2 Å². The molecule has 4 aromatic rings. The number of amides is 1. The van der Waals surface area contributed by atoms with Gasteiger partial charge in [-0.1, -0.05) is 29.8 Å². The van der Waals surface area contributed by atoms with Gasteiger partial charge in [-0.15, -0.1) is 0 Å². The molecule has 204 valence electrons. The summed E-state index contributed by atoms with van der Waals surface area (Å²) < 4.78 is 13.1. The van der Waals surface area contributed by atoms with Crippen LogP contribution in [-0.4, -0.2) is 83.4 Å². The van der Waals surface area contributed by atoms with Gasteiger partial charge in [0.1, 0.15) is 17.9 Å². The van der Waals surface area contributed by atoms with Crippen LogP contribution in [0.15, 0.2) is 36.8 Å². The highest BCUT2D eigenvalue weighted by Gasteiger charge is 2.44. The van der Waals surface area contributed by atoms with Crippen LogP contribution in [-0.2, 0) is 14.3 Å². The lowest BCUT2D eigenvalue weighted by molar-refractivity contribution is -0.119. The number of hydrogen-bond donors (Lipinski definition) is 5. The van der Waals surface area contributed by atoms with Gasteiger partial charge in [-0.2, -0.15) is 5.10 Å². The Kier molecular flexibility index (Phi) is 6.73. The molecule has 2 fully saturated rings. The van der Waals surface area contributed by atoms with Gasteiger partial charge < -0.3 is 30.7 Å². The number of aliphatic hydroxyl groups is 2.